The highest BCUT2D eigenvalue weighted by Gasteiger charge is 2.42. The second-order valence-electron chi connectivity index (χ2n) is 6.44. The summed E-state index contributed by atoms with van der Waals surface area (Å²) in [5.41, 5.74) is 7.80. The highest BCUT2D eigenvalue weighted by atomic mass is 15.0. The van der Waals surface area contributed by atoms with Crippen LogP contribution >= 0.6 is 0 Å². The first-order chi connectivity index (χ1) is 7.31. The zero-order chi connectivity index (χ0) is 12.4. The number of hydrogen-bond acceptors (Lipinski definition) is 2. The third-order valence-corrected chi connectivity index (χ3v) is 4.16. The van der Waals surface area contributed by atoms with Crippen molar-refractivity contribution in [1.82, 2.24) is 5.32 Å². The molecule has 2 heteroatoms. The smallest absolute Gasteiger partial charge is 0.0332 e. The summed E-state index contributed by atoms with van der Waals surface area (Å²) in [5.74, 6) is 0.639. The predicted molar refractivity (Wildman–Crippen MR) is 71.4 cm³/mol. The van der Waals surface area contributed by atoms with Gasteiger partial charge in [0, 0.05) is 18.6 Å². The molecule has 0 saturated heterocycles. The van der Waals surface area contributed by atoms with E-state index in [1.54, 1.807) is 0 Å². The molecule has 0 amide bonds. The van der Waals surface area contributed by atoms with Crippen molar-refractivity contribution in [3.05, 3.63) is 12.2 Å². The van der Waals surface area contributed by atoms with Gasteiger partial charge in [-0.05, 0) is 37.5 Å². The zero-order valence-electron chi connectivity index (χ0n) is 11.4. The van der Waals surface area contributed by atoms with Gasteiger partial charge in [0.05, 0.1) is 0 Å². The average molecular weight is 224 g/mol. The molecule has 0 aromatic carbocycles. The Kier molecular flexibility index (Phi) is 4.19. The Bertz CT molecular complexity index is 257. The zero-order valence-corrected chi connectivity index (χ0v) is 11.4. The number of nitrogens with one attached hydrogen (secondary N) is 1. The molecular formula is C14H28N2. The first-order valence-electron chi connectivity index (χ1n) is 6.41. The van der Waals surface area contributed by atoms with E-state index >= 15 is 0 Å². The summed E-state index contributed by atoms with van der Waals surface area (Å²) >= 11 is 0. The lowest BCUT2D eigenvalue weighted by Crippen LogP contribution is -2.59. The normalized spacial score (nSPS) is 33.7. The van der Waals surface area contributed by atoms with Crippen LogP contribution in [0.1, 0.15) is 47.0 Å². The van der Waals surface area contributed by atoms with Crippen LogP contribution in [-0.2, 0) is 0 Å². The molecule has 16 heavy (non-hydrogen) atoms. The van der Waals surface area contributed by atoms with Crippen LogP contribution in [0.5, 0.6) is 0 Å². The lowest BCUT2D eigenvalue weighted by molar-refractivity contribution is 0.0813. The summed E-state index contributed by atoms with van der Waals surface area (Å²) in [6, 6.07) is 0. The van der Waals surface area contributed by atoms with E-state index in [9.17, 15) is 0 Å². The molecule has 2 unspecified atom stereocenters. The van der Waals surface area contributed by atoms with Crippen molar-refractivity contribution < 1.29 is 0 Å². The van der Waals surface area contributed by atoms with E-state index in [0.717, 1.165) is 13.1 Å². The first kappa shape index (κ1) is 13.7. The Hall–Kier alpha value is -0.340. The van der Waals surface area contributed by atoms with E-state index in [1.165, 1.54) is 24.8 Å². The van der Waals surface area contributed by atoms with Gasteiger partial charge >= 0.3 is 0 Å². The van der Waals surface area contributed by atoms with Crippen LogP contribution in [0, 0.1) is 11.3 Å². The topological polar surface area (TPSA) is 38.0 Å². The molecule has 0 spiro atoms. The van der Waals surface area contributed by atoms with Gasteiger partial charge in [0.15, 0.2) is 0 Å². The van der Waals surface area contributed by atoms with Crippen molar-refractivity contribution in [2.45, 2.75) is 52.5 Å². The second kappa shape index (κ2) is 4.89. The fourth-order valence-electron chi connectivity index (χ4n) is 2.90. The molecule has 0 aromatic heterocycles. The van der Waals surface area contributed by atoms with Crippen molar-refractivity contribution in [2.24, 2.45) is 17.1 Å². The SMILES string of the molecule is C=C(C)CNC1(CN)CCC(C)(C)CC1C. The van der Waals surface area contributed by atoms with Gasteiger partial charge in [-0.1, -0.05) is 32.9 Å². The van der Waals surface area contributed by atoms with Gasteiger partial charge in [0.25, 0.3) is 0 Å². The van der Waals surface area contributed by atoms with Crippen molar-refractivity contribution in [2.75, 3.05) is 13.1 Å². The molecular weight excluding hydrogens is 196 g/mol. The molecule has 0 aliphatic heterocycles. The van der Waals surface area contributed by atoms with Gasteiger partial charge in [0.2, 0.25) is 0 Å². The monoisotopic (exact) mass is 224 g/mol. The number of rotatable bonds is 4. The van der Waals surface area contributed by atoms with Gasteiger partial charge in [0.1, 0.15) is 0 Å². The molecule has 0 bridgehead atoms. The van der Waals surface area contributed by atoms with Crippen LogP contribution in [0.25, 0.3) is 0 Å². The second-order valence-corrected chi connectivity index (χ2v) is 6.44. The lowest BCUT2D eigenvalue weighted by Gasteiger charge is -2.48. The van der Waals surface area contributed by atoms with Gasteiger partial charge < -0.3 is 11.1 Å². The van der Waals surface area contributed by atoms with Crippen LogP contribution in [-0.4, -0.2) is 18.6 Å². The van der Waals surface area contributed by atoms with Crippen LogP contribution < -0.4 is 11.1 Å². The summed E-state index contributed by atoms with van der Waals surface area (Å²) in [5, 5.41) is 3.65. The molecule has 94 valence electrons. The highest BCUT2D eigenvalue weighted by Crippen LogP contribution is 2.43. The minimum absolute atomic E-state index is 0.133. The standard InChI is InChI=1S/C14H28N2/c1-11(2)9-16-14(10-15)7-6-13(4,5)8-12(14)3/h12,16H,1,6-10,15H2,2-5H3. The third-order valence-electron chi connectivity index (χ3n) is 4.16. The Morgan fingerprint density at radius 2 is 2.06 bits per heavy atom. The van der Waals surface area contributed by atoms with E-state index in [-0.39, 0.29) is 5.54 Å². The Balaban J connectivity index is 2.69. The Morgan fingerprint density at radius 1 is 1.44 bits per heavy atom. The maximum absolute atomic E-state index is 6.01. The van der Waals surface area contributed by atoms with Gasteiger partial charge in [-0.15, -0.1) is 0 Å². The molecule has 2 nitrogen and oxygen atoms in total. The minimum atomic E-state index is 0.133. The van der Waals surface area contributed by atoms with Gasteiger partial charge in [-0.25, -0.2) is 0 Å². The number of hydrogen-bond donors (Lipinski definition) is 2. The molecule has 0 heterocycles. The van der Waals surface area contributed by atoms with E-state index in [2.05, 4.69) is 39.6 Å². The molecule has 0 radical (unpaired) electrons. The fourth-order valence-corrected chi connectivity index (χ4v) is 2.90. The number of nitrogens with two attached hydrogens (primary N) is 1. The predicted octanol–water partition coefficient (Wildman–Crippen LogP) is 2.70. The third kappa shape index (κ3) is 3.08. The summed E-state index contributed by atoms with van der Waals surface area (Å²) in [6.45, 7) is 14.7. The van der Waals surface area contributed by atoms with Crippen molar-refractivity contribution >= 4 is 0 Å². The summed E-state index contributed by atoms with van der Waals surface area (Å²) in [7, 11) is 0. The van der Waals surface area contributed by atoms with Gasteiger partial charge in [-0.2, -0.15) is 0 Å². The summed E-state index contributed by atoms with van der Waals surface area (Å²) in [4.78, 5) is 0. The first-order valence-corrected chi connectivity index (χ1v) is 6.41. The van der Waals surface area contributed by atoms with Crippen molar-refractivity contribution in [3.8, 4) is 0 Å². The van der Waals surface area contributed by atoms with E-state index in [1.807, 2.05) is 0 Å². The lowest BCUT2D eigenvalue weighted by atomic mass is 9.64. The maximum Gasteiger partial charge on any atom is 0.0332 e. The fraction of sp³-hybridized carbons (Fsp3) is 0.857. The van der Waals surface area contributed by atoms with E-state index in [0.29, 0.717) is 11.3 Å². The van der Waals surface area contributed by atoms with Crippen LogP contribution in [0.3, 0.4) is 0 Å². The molecule has 1 aliphatic rings. The molecule has 1 rings (SSSR count). The molecule has 3 N–H and O–H groups in total. The van der Waals surface area contributed by atoms with Crippen LogP contribution in [0.15, 0.2) is 12.2 Å². The van der Waals surface area contributed by atoms with Crippen LogP contribution in [0.2, 0.25) is 0 Å². The van der Waals surface area contributed by atoms with Crippen LogP contribution in [0.4, 0.5) is 0 Å². The molecule has 1 saturated carbocycles. The molecule has 0 aromatic rings. The Labute approximate surface area is 101 Å². The average Bonchev–Trinajstić information content (AvgIpc) is 2.16. The summed E-state index contributed by atoms with van der Waals surface area (Å²) < 4.78 is 0. The van der Waals surface area contributed by atoms with Gasteiger partial charge in [-0.3, -0.25) is 0 Å². The largest absolute Gasteiger partial charge is 0.329 e. The van der Waals surface area contributed by atoms with E-state index < -0.39 is 0 Å². The maximum atomic E-state index is 6.01. The highest BCUT2D eigenvalue weighted by molar-refractivity contribution is 5.03. The van der Waals surface area contributed by atoms with E-state index in [4.69, 9.17) is 5.73 Å². The summed E-state index contributed by atoms with van der Waals surface area (Å²) in [6.07, 6.45) is 3.70. The Morgan fingerprint density at radius 3 is 2.50 bits per heavy atom. The molecule has 1 aliphatic carbocycles. The van der Waals surface area contributed by atoms with Crippen molar-refractivity contribution in [1.29, 1.82) is 0 Å². The minimum Gasteiger partial charge on any atom is -0.329 e. The molecule has 1 fully saturated rings. The molecule has 2 atom stereocenters. The quantitative estimate of drug-likeness (QED) is 0.721. The van der Waals surface area contributed by atoms with Crippen molar-refractivity contribution in [3.63, 3.8) is 0 Å².